The molecule has 42 heavy (non-hydrogen) atoms. The second-order valence-electron chi connectivity index (χ2n) is 10.3. The number of hydrogen-bond acceptors (Lipinski definition) is 6. The van der Waals surface area contributed by atoms with Gasteiger partial charge in [0.15, 0.2) is 0 Å². The molecule has 11 heteroatoms. The van der Waals surface area contributed by atoms with Crippen LogP contribution in [0.5, 0.6) is 11.5 Å². The molecule has 3 aromatic carbocycles. The number of methoxy groups -OCH3 is 2. The molecule has 0 saturated carbocycles. The van der Waals surface area contributed by atoms with Crippen LogP contribution in [0.25, 0.3) is 0 Å². The summed E-state index contributed by atoms with van der Waals surface area (Å²) in [6.45, 7) is 3.65. The zero-order valence-corrected chi connectivity index (χ0v) is 25.4. The fraction of sp³-hybridized carbons (Fsp3) is 0.355. The van der Waals surface area contributed by atoms with Crippen LogP contribution in [0.4, 0.5) is 10.1 Å². The van der Waals surface area contributed by atoms with E-state index in [0.717, 1.165) is 16.1 Å². The van der Waals surface area contributed by atoms with E-state index in [4.69, 9.17) is 9.47 Å². The molecule has 0 aromatic heterocycles. The normalized spacial score (nSPS) is 12.0. The van der Waals surface area contributed by atoms with Gasteiger partial charge in [-0.1, -0.05) is 56.3 Å². The Labute approximate surface area is 247 Å². The van der Waals surface area contributed by atoms with Crippen LogP contribution >= 0.6 is 0 Å². The minimum Gasteiger partial charge on any atom is -0.497 e. The Kier molecular flexibility index (Phi) is 11.3. The summed E-state index contributed by atoms with van der Waals surface area (Å²) in [5.74, 6) is -0.650. The van der Waals surface area contributed by atoms with Crippen LogP contribution in [0.1, 0.15) is 25.0 Å². The molecule has 0 saturated heterocycles. The highest BCUT2D eigenvalue weighted by Gasteiger charge is 2.33. The van der Waals surface area contributed by atoms with Crippen molar-refractivity contribution in [2.75, 3.05) is 37.9 Å². The third-order valence-electron chi connectivity index (χ3n) is 6.56. The van der Waals surface area contributed by atoms with E-state index in [0.29, 0.717) is 17.9 Å². The lowest BCUT2D eigenvalue weighted by molar-refractivity contribution is -0.140. The second-order valence-corrected chi connectivity index (χ2v) is 12.2. The lowest BCUT2D eigenvalue weighted by Crippen LogP contribution is -2.53. The summed E-state index contributed by atoms with van der Waals surface area (Å²) in [6.07, 6.45) is 1.17. The summed E-state index contributed by atoms with van der Waals surface area (Å²) in [7, 11) is -1.13. The van der Waals surface area contributed by atoms with Crippen LogP contribution in [-0.4, -0.2) is 64.7 Å². The topological polar surface area (TPSA) is 105 Å². The summed E-state index contributed by atoms with van der Waals surface area (Å²) in [5, 5.41) is 2.92. The molecule has 2 amide bonds. The first kappa shape index (κ1) is 32.4. The van der Waals surface area contributed by atoms with Crippen molar-refractivity contribution in [1.82, 2.24) is 10.2 Å². The van der Waals surface area contributed by atoms with Crippen molar-refractivity contribution in [2.24, 2.45) is 5.92 Å². The quantitative estimate of drug-likeness (QED) is 0.300. The first-order valence-corrected chi connectivity index (χ1v) is 15.3. The lowest BCUT2D eigenvalue weighted by Gasteiger charge is -2.34. The van der Waals surface area contributed by atoms with Crippen LogP contribution in [0.15, 0.2) is 72.8 Å². The van der Waals surface area contributed by atoms with Crippen molar-refractivity contribution < 1.29 is 31.9 Å². The van der Waals surface area contributed by atoms with Crippen LogP contribution in [-0.2, 0) is 32.6 Å². The second kappa shape index (κ2) is 14.7. The summed E-state index contributed by atoms with van der Waals surface area (Å²) in [5.41, 5.74) is 1.53. The first-order chi connectivity index (χ1) is 19.9. The Balaban J connectivity index is 2.08. The van der Waals surface area contributed by atoms with E-state index in [1.165, 1.54) is 55.5 Å². The number of anilines is 1. The largest absolute Gasteiger partial charge is 0.497 e. The molecule has 0 aliphatic carbocycles. The number of rotatable bonds is 14. The Morgan fingerprint density at radius 1 is 0.929 bits per heavy atom. The Morgan fingerprint density at radius 3 is 2.17 bits per heavy atom. The van der Waals surface area contributed by atoms with Crippen molar-refractivity contribution >= 4 is 27.5 Å². The molecule has 3 aromatic rings. The van der Waals surface area contributed by atoms with Gasteiger partial charge in [-0.25, -0.2) is 12.8 Å². The number of ether oxygens (including phenoxy) is 2. The van der Waals surface area contributed by atoms with Crippen molar-refractivity contribution in [3.05, 3.63) is 89.7 Å². The fourth-order valence-corrected chi connectivity index (χ4v) is 5.20. The highest BCUT2D eigenvalue weighted by atomic mass is 32.2. The molecule has 0 heterocycles. The van der Waals surface area contributed by atoms with E-state index in [1.807, 2.05) is 44.2 Å². The molecule has 0 aliphatic heterocycles. The number of benzene rings is 3. The van der Waals surface area contributed by atoms with Crippen molar-refractivity contribution in [3.63, 3.8) is 0 Å². The summed E-state index contributed by atoms with van der Waals surface area (Å²) < 4.78 is 51.4. The van der Waals surface area contributed by atoms with Gasteiger partial charge in [-0.3, -0.25) is 13.9 Å². The number of sulfonamides is 1. The van der Waals surface area contributed by atoms with Crippen molar-refractivity contribution in [2.45, 2.75) is 32.9 Å². The van der Waals surface area contributed by atoms with Gasteiger partial charge in [0.2, 0.25) is 21.8 Å². The monoisotopic (exact) mass is 599 g/mol. The number of halogens is 1. The average molecular weight is 600 g/mol. The minimum atomic E-state index is -3.99. The summed E-state index contributed by atoms with van der Waals surface area (Å²) in [6, 6.07) is 18.4. The average Bonchev–Trinajstić information content (AvgIpc) is 2.96. The zero-order valence-electron chi connectivity index (χ0n) is 24.5. The molecule has 0 unspecified atom stereocenters. The third kappa shape index (κ3) is 8.94. The predicted molar refractivity (Wildman–Crippen MR) is 160 cm³/mol. The van der Waals surface area contributed by atoms with E-state index >= 15 is 0 Å². The van der Waals surface area contributed by atoms with E-state index in [9.17, 15) is 22.4 Å². The highest BCUT2D eigenvalue weighted by molar-refractivity contribution is 7.92. The third-order valence-corrected chi connectivity index (χ3v) is 7.68. The molecule has 0 aliphatic rings. The predicted octanol–water partition coefficient (Wildman–Crippen LogP) is 4.02. The Bertz CT molecular complexity index is 1450. The van der Waals surface area contributed by atoms with Gasteiger partial charge >= 0.3 is 0 Å². The maximum atomic E-state index is 14.1. The number of hydrogen-bond donors (Lipinski definition) is 1. The van der Waals surface area contributed by atoms with Gasteiger partial charge < -0.3 is 19.7 Å². The molecular weight excluding hydrogens is 561 g/mol. The highest BCUT2D eigenvalue weighted by Crippen LogP contribution is 2.33. The molecule has 1 N–H and O–H groups in total. The maximum absolute atomic E-state index is 14.1. The van der Waals surface area contributed by atoms with Crippen LogP contribution in [0.2, 0.25) is 0 Å². The van der Waals surface area contributed by atoms with Gasteiger partial charge in [-0.15, -0.1) is 0 Å². The number of amides is 2. The molecule has 0 bridgehead atoms. The van der Waals surface area contributed by atoms with Crippen molar-refractivity contribution in [1.29, 1.82) is 0 Å². The minimum absolute atomic E-state index is 0.0525. The van der Waals surface area contributed by atoms with Gasteiger partial charge in [-0.2, -0.15) is 0 Å². The maximum Gasteiger partial charge on any atom is 0.244 e. The Morgan fingerprint density at radius 2 is 1.60 bits per heavy atom. The van der Waals surface area contributed by atoms with E-state index in [1.54, 1.807) is 6.07 Å². The van der Waals surface area contributed by atoms with Gasteiger partial charge in [0.1, 0.15) is 29.9 Å². The molecular formula is C31H38FN3O6S. The fourth-order valence-electron chi connectivity index (χ4n) is 4.35. The first-order valence-electron chi connectivity index (χ1n) is 13.5. The van der Waals surface area contributed by atoms with Gasteiger partial charge in [0.25, 0.3) is 0 Å². The molecule has 226 valence electrons. The van der Waals surface area contributed by atoms with Crippen LogP contribution < -0.4 is 19.1 Å². The summed E-state index contributed by atoms with van der Waals surface area (Å²) in [4.78, 5) is 29.1. The number of carbonyl (C=O) groups is 2. The van der Waals surface area contributed by atoms with Crippen LogP contribution in [0.3, 0.4) is 0 Å². The van der Waals surface area contributed by atoms with E-state index in [-0.39, 0.29) is 36.2 Å². The SMILES string of the molecule is COc1ccc(N(CC(=O)N(Cc2ccc(F)cc2)[C@H](Cc2ccccc2)C(=O)NCC(C)C)S(C)(=O)=O)c(OC)c1. The number of nitrogens with zero attached hydrogens (tertiary/aromatic N) is 2. The smallest absolute Gasteiger partial charge is 0.244 e. The molecule has 3 rings (SSSR count). The van der Waals surface area contributed by atoms with E-state index < -0.39 is 34.3 Å². The molecule has 0 fully saturated rings. The molecule has 9 nitrogen and oxygen atoms in total. The number of nitrogens with one attached hydrogen (secondary N) is 1. The molecule has 0 spiro atoms. The molecule has 1 atom stereocenters. The van der Waals surface area contributed by atoms with Gasteiger partial charge in [-0.05, 0) is 41.3 Å². The lowest BCUT2D eigenvalue weighted by atomic mass is 10.0. The van der Waals surface area contributed by atoms with Crippen molar-refractivity contribution in [3.8, 4) is 11.5 Å². The molecule has 0 radical (unpaired) electrons. The van der Waals surface area contributed by atoms with E-state index in [2.05, 4.69) is 5.32 Å². The Hall–Kier alpha value is -4.12. The summed E-state index contributed by atoms with van der Waals surface area (Å²) >= 11 is 0. The van der Waals surface area contributed by atoms with Gasteiger partial charge in [0.05, 0.1) is 26.2 Å². The zero-order chi connectivity index (χ0) is 30.9. The number of carbonyl (C=O) groups excluding carboxylic acids is 2. The van der Waals surface area contributed by atoms with Crippen LogP contribution in [0, 0.1) is 11.7 Å². The van der Waals surface area contributed by atoms with Gasteiger partial charge in [0, 0.05) is 25.6 Å². The standard InChI is InChI=1S/C31H38FN3O6S/c1-22(2)19-33-31(37)28(17-23-9-7-6-8-10-23)34(20-24-11-13-25(32)14-12-24)30(36)21-35(42(5,38)39)27-16-15-26(40-3)18-29(27)41-4/h6-16,18,22,28H,17,19-21H2,1-5H3,(H,33,37)/t28-/m1/s1.